The number of para-hydroxylation sites is 2. The summed E-state index contributed by atoms with van der Waals surface area (Å²) in [5, 5.41) is 1.42. The van der Waals surface area contributed by atoms with E-state index < -0.39 is 5.91 Å². The largest absolute Gasteiger partial charge is 0.368 e. The zero-order chi connectivity index (χ0) is 17.6. The average Bonchev–Trinajstić information content (AvgIpc) is 2.87. The molecule has 0 aliphatic heterocycles. The molecule has 2 aromatic carbocycles. The van der Waals surface area contributed by atoms with Crippen molar-refractivity contribution in [2.75, 3.05) is 0 Å². The first-order valence-electron chi connectivity index (χ1n) is 7.92. The normalized spacial score (nSPS) is 11.2. The van der Waals surface area contributed by atoms with Gasteiger partial charge in [0.1, 0.15) is 6.54 Å². The minimum absolute atomic E-state index is 0.127. The summed E-state index contributed by atoms with van der Waals surface area (Å²) >= 11 is 0. The molecule has 0 unspecified atom stereocenters. The van der Waals surface area contributed by atoms with Crippen molar-refractivity contribution in [3.05, 3.63) is 70.5 Å². The number of aryl methyl sites for hydroxylation is 1. The number of rotatable bonds is 3. The van der Waals surface area contributed by atoms with E-state index in [2.05, 4.69) is 4.98 Å². The molecule has 2 N–H and O–H groups in total. The van der Waals surface area contributed by atoms with E-state index in [1.54, 1.807) is 4.68 Å². The lowest BCUT2D eigenvalue weighted by molar-refractivity contribution is -0.118. The third-order valence-corrected chi connectivity index (χ3v) is 4.33. The zero-order valence-electron chi connectivity index (χ0n) is 13.6. The molecule has 0 aliphatic carbocycles. The number of benzene rings is 2. The molecule has 0 fully saturated rings. The van der Waals surface area contributed by atoms with Gasteiger partial charge in [-0.15, -0.1) is 0 Å². The van der Waals surface area contributed by atoms with E-state index in [0.717, 1.165) is 16.5 Å². The molecule has 2 aromatic heterocycles. The van der Waals surface area contributed by atoms with Gasteiger partial charge in [-0.2, -0.15) is 0 Å². The van der Waals surface area contributed by atoms with Crippen molar-refractivity contribution in [2.45, 2.75) is 13.5 Å². The fourth-order valence-electron chi connectivity index (χ4n) is 3.23. The molecule has 0 saturated carbocycles. The Balaban J connectivity index is 2.19. The second-order valence-electron chi connectivity index (χ2n) is 5.93. The first-order chi connectivity index (χ1) is 12.1. The van der Waals surface area contributed by atoms with Gasteiger partial charge < -0.3 is 5.73 Å². The van der Waals surface area contributed by atoms with Crippen molar-refractivity contribution in [3.63, 3.8) is 0 Å². The molecule has 0 bridgehead atoms. The second-order valence-corrected chi connectivity index (χ2v) is 5.93. The lowest BCUT2D eigenvalue weighted by Crippen LogP contribution is -2.27. The van der Waals surface area contributed by atoms with Crippen LogP contribution in [-0.2, 0) is 11.3 Å². The lowest BCUT2D eigenvalue weighted by Gasteiger charge is -2.10. The van der Waals surface area contributed by atoms with Gasteiger partial charge in [-0.25, -0.2) is 9.67 Å². The molecule has 6 nitrogen and oxygen atoms in total. The van der Waals surface area contributed by atoms with Gasteiger partial charge in [0.15, 0.2) is 5.65 Å². The highest BCUT2D eigenvalue weighted by molar-refractivity contribution is 5.96. The number of fused-ring (bicyclic) bond motifs is 2. The van der Waals surface area contributed by atoms with Gasteiger partial charge in [0.2, 0.25) is 5.91 Å². The van der Waals surface area contributed by atoms with Crippen LogP contribution in [0.1, 0.15) is 5.56 Å². The molecule has 0 saturated heterocycles. The van der Waals surface area contributed by atoms with E-state index in [4.69, 9.17) is 5.73 Å². The van der Waals surface area contributed by atoms with Crippen molar-refractivity contribution >= 4 is 27.8 Å². The highest BCUT2D eigenvalue weighted by Crippen LogP contribution is 2.24. The highest BCUT2D eigenvalue weighted by Gasteiger charge is 2.20. The van der Waals surface area contributed by atoms with Crippen molar-refractivity contribution in [1.29, 1.82) is 0 Å². The number of carbonyl (C=O) groups excluding carboxylic acids is 1. The van der Waals surface area contributed by atoms with Crippen molar-refractivity contribution in [2.24, 2.45) is 5.73 Å². The molecular formula is C19H16N4O2. The van der Waals surface area contributed by atoms with Crippen LogP contribution in [0, 0.1) is 6.92 Å². The quantitative estimate of drug-likeness (QED) is 0.624. The molecule has 2 heterocycles. The number of nitrogens with zero attached hydrogens (tertiary/aromatic N) is 3. The van der Waals surface area contributed by atoms with Crippen molar-refractivity contribution < 1.29 is 4.79 Å². The summed E-state index contributed by atoms with van der Waals surface area (Å²) in [5.41, 5.74) is 7.95. The van der Waals surface area contributed by atoms with Crippen LogP contribution in [0.15, 0.2) is 59.4 Å². The van der Waals surface area contributed by atoms with Gasteiger partial charge in [-0.3, -0.25) is 14.3 Å². The zero-order valence-corrected chi connectivity index (χ0v) is 13.6. The van der Waals surface area contributed by atoms with Crippen LogP contribution in [0.5, 0.6) is 0 Å². The van der Waals surface area contributed by atoms with Crippen LogP contribution in [0.2, 0.25) is 0 Å². The maximum absolute atomic E-state index is 13.1. The van der Waals surface area contributed by atoms with Crippen molar-refractivity contribution in [3.8, 4) is 5.69 Å². The minimum atomic E-state index is -0.533. The first kappa shape index (κ1) is 15.1. The first-order valence-corrected chi connectivity index (χ1v) is 7.92. The summed E-state index contributed by atoms with van der Waals surface area (Å²) in [7, 11) is 0. The molecule has 4 aromatic rings. The van der Waals surface area contributed by atoms with Crippen LogP contribution in [0.3, 0.4) is 0 Å². The van der Waals surface area contributed by atoms with Crippen LogP contribution in [0.25, 0.3) is 27.6 Å². The molecule has 124 valence electrons. The number of nitrogens with two attached hydrogens (primary N) is 1. The smallest absolute Gasteiger partial charge is 0.281 e. The predicted molar refractivity (Wildman–Crippen MR) is 96.8 cm³/mol. The lowest BCUT2D eigenvalue weighted by atomic mass is 10.1. The Labute approximate surface area is 143 Å². The molecule has 25 heavy (non-hydrogen) atoms. The van der Waals surface area contributed by atoms with Gasteiger partial charge >= 0.3 is 0 Å². The number of carbonyl (C=O) groups is 1. The van der Waals surface area contributed by atoms with E-state index in [1.165, 1.54) is 4.68 Å². The predicted octanol–water partition coefficient (Wildman–Crippen LogP) is 2.13. The van der Waals surface area contributed by atoms with Crippen LogP contribution in [-0.4, -0.2) is 20.3 Å². The Morgan fingerprint density at radius 3 is 2.48 bits per heavy atom. The molecule has 0 radical (unpaired) electrons. The molecule has 1 amide bonds. The summed E-state index contributed by atoms with van der Waals surface area (Å²) in [6.07, 6.45) is 0. The van der Waals surface area contributed by atoms with Crippen LogP contribution >= 0.6 is 0 Å². The van der Waals surface area contributed by atoms with Crippen LogP contribution in [0.4, 0.5) is 0 Å². The van der Waals surface area contributed by atoms with Gasteiger partial charge in [0.05, 0.1) is 16.6 Å². The maximum Gasteiger partial charge on any atom is 0.281 e. The number of pyridine rings is 1. The molecular weight excluding hydrogens is 316 g/mol. The Morgan fingerprint density at radius 2 is 1.76 bits per heavy atom. The SMILES string of the molecule is Cc1c2ccccc2nc2c1c(=O)n(-c1ccccc1)n2CC(N)=O. The number of hydrogen-bond acceptors (Lipinski definition) is 3. The highest BCUT2D eigenvalue weighted by atomic mass is 16.2. The summed E-state index contributed by atoms with van der Waals surface area (Å²) < 4.78 is 3.02. The Hall–Kier alpha value is -3.41. The fourth-order valence-corrected chi connectivity index (χ4v) is 3.23. The monoisotopic (exact) mass is 332 g/mol. The second kappa shape index (κ2) is 5.59. The topological polar surface area (TPSA) is 82.9 Å². The average molecular weight is 332 g/mol. The van der Waals surface area contributed by atoms with E-state index in [0.29, 0.717) is 16.7 Å². The van der Waals surface area contributed by atoms with E-state index >= 15 is 0 Å². The van der Waals surface area contributed by atoms with Gasteiger partial charge in [-0.1, -0.05) is 36.4 Å². The molecule has 0 atom stereocenters. The molecule has 0 spiro atoms. The number of aromatic nitrogens is 3. The van der Waals surface area contributed by atoms with Gasteiger partial charge in [0.25, 0.3) is 5.56 Å². The summed E-state index contributed by atoms with van der Waals surface area (Å²) in [5.74, 6) is -0.533. The Kier molecular flexibility index (Phi) is 3.39. The summed E-state index contributed by atoms with van der Waals surface area (Å²) in [6, 6.07) is 16.8. The van der Waals surface area contributed by atoms with Gasteiger partial charge in [0, 0.05) is 5.39 Å². The summed E-state index contributed by atoms with van der Waals surface area (Å²) in [4.78, 5) is 29.4. The van der Waals surface area contributed by atoms with E-state index in [1.807, 2.05) is 61.5 Å². The molecule has 4 rings (SSSR count). The summed E-state index contributed by atoms with van der Waals surface area (Å²) in [6.45, 7) is 1.77. The molecule has 6 heteroatoms. The fraction of sp³-hybridized carbons (Fsp3) is 0.105. The van der Waals surface area contributed by atoms with E-state index in [-0.39, 0.29) is 12.1 Å². The van der Waals surface area contributed by atoms with Gasteiger partial charge in [-0.05, 0) is 30.7 Å². The standard InChI is InChI=1S/C19H16N4O2/c1-12-14-9-5-6-10-15(14)21-18-17(12)19(25)23(22(18)11-16(20)24)13-7-3-2-4-8-13/h2-10H,11H2,1H3,(H2,20,24). The molecule has 0 aliphatic rings. The number of hydrogen-bond donors (Lipinski definition) is 1. The van der Waals surface area contributed by atoms with Crippen molar-refractivity contribution in [1.82, 2.24) is 14.3 Å². The third-order valence-electron chi connectivity index (χ3n) is 4.33. The van der Waals surface area contributed by atoms with E-state index in [9.17, 15) is 9.59 Å². The Bertz CT molecular complexity index is 1170. The van der Waals surface area contributed by atoms with Crippen LogP contribution < -0.4 is 11.3 Å². The Morgan fingerprint density at radius 1 is 1.08 bits per heavy atom. The number of primary amides is 1. The maximum atomic E-state index is 13.1. The number of amides is 1. The minimum Gasteiger partial charge on any atom is -0.368 e. The third kappa shape index (κ3) is 2.30.